The van der Waals surface area contributed by atoms with E-state index in [-0.39, 0.29) is 11.3 Å². The molecule has 1 atom stereocenters. The van der Waals surface area contributed by atoms with Gasteiger partial charge < -0.3 is 14.4 Å². The van der Waals surface area contributed by atoms with Gasteiger partial charge in [-0.3, -0.25) is 4.98 Å². The predicted octanol–water partition coefficient (Wildman–Crippen LogP) is 5.24. The van der Waals surface area contributed by atoms with Gasteiger partial charge in [-0.05, 0) is 31.7 Å². The summed E-state index contributed by atoms with van der Waals surface area (Å²) in [6.45, 7) is 11.0. The minimum absolute atomic E-state index is 0.0757. The molecule has 8 heteroatoms. The highest BCUT2D eigenvalue weighted by Gasteiger charge is 2.29. The minimum Gasteiger partial charge on any atom is -0.384 e. The summed E-state index contributed by atoms with van der Waals surface area (Å²) in [6.07, 6.45) is 10.7. The highest BCUT2D eigenvalue weighted by Crippen LogP contribution is 2.39. The Morgan fingerprint density at radius 2 is 2.00 bits per heavy atom. The van der Waals surface area contributed by atoms with Crippen molar-refractivity contribution in [2.75, 3.05) is 11.9 Å². The average molecular weight is 423 g/mol. The minimum atomic E-state index is -0.124. The van der Waals surface area contributed by atoms with Crippen molar-refractivity contribution in [3.8, 4) is 11.5 Å². The summed E-state index contributed by atoms with van der Waals surface area (Å²) >= 11 is 0. The van der Waals surface area contributed by atoms with Crippen molar-refractivity contribution in [2.45, 2.75) is 70.1 Å². The monoisotopic (exact) mass is 422 g/mol. The quantitative estimate of drug-likeness (QED) is 0.349. The molecule has 0 spiro atoms. The van der Waals surface area contributed by atoms with Crippen molar-refractivity contribution < 1.29 is 9.05 Å². The van der Waals surface area contributed by atoms with Crippen molar-refractivity contribution in [3.63, 3.8) is 0 Å². The largest absolute Gasteiger partial charge is 0.384 e. The lowest BCUT2D eigenvalue weighted by molar-refractivity contribution is 0.349. The van der Waals surface area contributed by atoms with E-state index in [9.17, 15) is 0 Å². The maximum absolute atomic E-state index is 5.47. The van der Waals surface area contributed by atoms with E-state index in [4.69, 9.17) is 9.05 Å². The summed E-state index contributed by atoms with van der Waals surface area (Å²) < 4.78 is 10.9. The van der Waals surface area contributed by atoms with Crippen molar-refractivity contribution in [1.29, 1.82) is 0 Å². The molecule has 4 rings (SSSR count). The molecule has 3 heterocycles. The van der Waals surface area contributed by atoms with Gasteiger partial charge in [-0.25, -0.2) is 0 Å². The number of allylic oxidation sites excluding steroid dienone is 1. The van der Waals surface area contributed by atoms with Crippen LogP contribution in [-0.4, -0.2) is 31.8 Å². The first-order valence-corrected chi connectivity index (χ1v) is 10.9. The standard InChI is InChI=1S/C23H30N6O2/c1-5-15(20-27-22(29-31-20)23(2,3)4)8-6-7-11-25-18-12-17(13-24-14-18)21-26-19(28-30-21)16-9-10-16/h5,12-16,25H,1,6-11H2,2-4H3. The van der Waals surface area contributed by atoms with Crippen LogP contribution < -0.4 is 5.32 Å². The van der Waals surface area contributed by atoms with Crippen LogP contribution >= 0.6 is 0 Å². The second-order valence-corrected chi connectivity index (χ2v) is 9.17. The topological polar surface area (TPSA) is 103 Å². The zero-order chi connectivity index (χ0) is 21.8. The third-order valence-corrected chi connectivity index (χ3v) is 5.35. The molecule has 0 amide bonds. The Labute approximate surface area is 182 Å². The molecule has 0 aliphatic heterocycles. The Balaban J connectivity index is 1.25. The molecule has 1 aliphatic carbocycles. The maximum atomic E-state index is 5.47. The summed E-state index contributed by atoms with van der Waals surface area (Å²) in [5.41, 5.74) is 1.65. The molecule has 1 saturated carbocycles. The molecule has 31 heavy (non-hydrogen) atoms. The highest BCUT2D eigenvalue weighted by atomic mass is 16.5. The van der Waals surface area contributed by atoms with Crippen LogP contribution in [0.1, 0.15) is 82.3 Å². The Bertz CT molecular complexity index is 1020. The average Bonchev–Trinajstić information content (AvgIpc) is 3.26. The van der Waals surface area contributed by atoms with Crippen molar-refractivity contribution in [2.24, 2.45) is 0 Å². The van der Waals surface area contributed by atoms with E-state index in [1.54, 1.807) is 12.4 Å². The lowest BCUT2D eigenvalue weighted by atomic mass is 9.96. The molecular weight excluding hydrogens is 392 g/mol. The highest BCUT2D eigenvalue weighted by molar-refractivity contribution is 5.59. The first-order valence-electron chi connectivity index (χ1n) is 10.9. The molecule has 0 bridgehead atoms. The van der Waals surface area contributed by atoms with Crippen LogP contribution in [0, 0.1) is 0 Å². The van der Waals surface area contributed by atoms with E-state index in [0.29, 0.717) is 17.7 Å². The van der Waals surface area contributed by atoms with Crippen molar-refractivity contribution in [3.05, 3.63) is 48.7 Å². The van der Waals surface area contributed by atoms with Gasteiger partial charge in [0.05, 0.1) is 17.2 Å². The van der Waals surface area contributed by atoms with E-state index >= 15 is 0 Å². The molecule has 8 nitrogen and oxygen atoms in total. The second kappa shape index (κ2) is 8.99. The van der Waals surface area contributed by atoms with Gasteiger partial charge in [-0.15, -0.1) is 6.58 Å². The van der Waals surface area contributed by atoms with Crippen LogP contribution in [0.4, 0.5) is 5.69 Å². The van der Waals surface area contributed by atoms with Gasteiger partial charge in [0.2, 0.25) is 5.89 Å². The van der Waals surface area contributed by atoms with Gasteiger partial charge in [-0.1, -0.05) is 43.6 Å². The third-order valence-electron chi connectivity index (χ3n) is 5.35. The lowest BCUT2D eigenvalue weighted by Crippen LogP contribution is -2.13. The van der Waals surface area contributed by atoms with E-state index < -0.39 is 0 Å². The van der Waals surface area contributed by atoms with Gasteiger partial charge in [-0.2, -0.15) is 9.97 Å². The fraction of sp³-hybridized carbons (Fsp3) is 0.522. The fourth-order valence-electron chi connectivity index (χ4n) is 3.27. The fourth-order valence-corrected chi connectivity index (χ4v) is 3.27. The Morgan fingerprint density at radius 1 is 1.16 bits per heavy atom. The molecular formula is C23H30N6O2. The zero-order valence-corrected chi connectivity index (χ0v) is 18.5. The number of anilines is 1. The lowest BCUT2D eigenvalue weighted by Gasteiger charge is -2.11. The van der Waals surface area contributed by atoms with Gasteiger partial charge in [0.1, 0.15) is 0 Å². The molecule has 3 aromatic heterocycles. The molecule has 0 saturated heterocycles. The third kappa shape index (κ3) is 5.37. The predicted molar refractivity (Wildman–Crippen MR) is 118 cm³/mol. The van der Waals surface area contributed by atoms with E-state index in [1.807, 2.05) is 12.1 Å². The number of rotatable bonds is 10. The van der Waals surface area contributed by atoms with E-state index in [2.05, 4.69) is 57.9 Å². The van der Waals surface area contributed by atoms with Gasteiger partial charge in [0, 0.05) is 30.3 Å². The van der Waals surface area contributed by atoms with Gasteiger partial charge in [0.25, 0.3) is 5.89 Å². The number of hydrogen-bond acceptors (Lipinski definition) is 8. The summed E-state index contributed by atoms with van der Waals surface area (Å²) in [5, 5.41) is 11.6. The zero-order valence-electron chi connectivity index (χ0n) is 18.5. The number of pyridine rings is 1. The Kier molecular flexibility index (Phi) is 6.15. The van der Waals surface area contributed by atoms with Gasteiger partial charge in [0.15, 0.2) is 11.6 Å². The van der Waals surface area contributed by atoms with Crippen LogP contribution in [0.25, 0.3) is 11.5 Å². The summed E-state index contributed by atoms with van der Waals surface area (Å²) in [4.78, 5) is 13.4. The molecule has 1 fully saturated rings. The molecule has 1 aliphatic rings. The molecule has 1 unspecified atom stereocenters. The van der Waals surface area contributed by atoms with Crippen LogP contribution in [-0.2, 0) is 5.41 Å². The Morgan fingerprint density at radius 3 is 2.71 bits per heavy atom. The Hall–Kier alpha value is -3.03. The number of hydrogen-bond donors (Lipinski definition) is 1. The van der Waals surface area contributed by atoms with Gasteiger partial charge >= 0.3 is 0 Å². The van der Waals surface area contributed by atoms with Crippen LogP contribution in [0.3, 0.4) is 0 Å². The van der Waals surface area contributed by atoms with Crippen LogP contribution in [0.5, 0.6) is 0 Å². The number of nitrogens with one attached hydrogen (secondary N) is 1. The van der Waals surface area contributed by atoms with Crippen LogP contribution in [0.2, 0.25) is 0 Å². The number of nitrogens with zero attached hydrogens (tertiary/aromatic N) is 5. The van der Waals surface area contributed by atoms with E-state index in [1.165, 1.54) is 0 Å². The van der Waals surface area contributed by atoms with Crippen molar-refractivity contribution >= 4 is 5.69 Å². The second-order valence-electron chi connectivity index (χ2n) is 9.17. The SMILES string of the molecule is C=CC(CCCCNc1cncc(-c2nc(C3CC3)no2)c1)c1nc(C(C)(C)C)no1. The smallest absolute Gasteiger partial charge is 0.259 e. The van der Waals surface area contributed by atoms with Crippen LogP contribution in [0.15, 0.2) is 40.2 Å². The summed E-state index contributed by atoms with van der Waals surface area (Å²) in [5.74, 6) is 3.26. The summed E-state index contributed by atoms with van der Waals surface area (Å²) in [6, 6.07) is 2.00. The maximum Gasteiger partial charge on any atom is 0.259 e. The molecule has 1 N–H and O–H groups in total. The molecule has 0 radical (unpaired) electrons. The van der Waals surface area contributed by atoms with Crippen molar-refractivity contribution in [1.82, 2.24) is 25.3 Å². The molecule has 3 aromatic rings. The number of unbranched alkanes of at least 4 members (excludes halogenated alkanes) is 1. The summed E-state index contributed by atoms with van der Waals surface area (Å²) in [7, 11) is 0. The molecule has 0 aromatic carbocycles. The first-order chi connectivity index (χ1) is 14.9. The first kappa shape index (κ1) is 21.2. The number of aromatic nitrogens is 5. The van der Waals surface area contributed by atoms with E-state index in [0.717, 1.165) is 61.5 Å². The normalized spacial score (nSPS) is 15.1. The molecule has 164 valence electrons.